The second-order valence-electron chi connectivity index (χ2n) is 6.49. The lowest BCUT2D eigenvalue weighted by Crippen LogP contribution is -2.21. The summed E-state index contributed by atoms with van der Waals surface area (Å²) in [5, 5.41) is 8.43. The van der Waals surface area contributed by atoms with Crippen LogP contribution in [0, 0.1) is 0 Å². The number of nitrogens with zero attached hydrogens (tertiary/aromatic N) is 1. The Hall–Kier alpha value is -2.42. The van der Waals surface area contributed by atoms with Crippen LogP contribution in [-0.2, 0) is 33.4 Å². The van der Waals surface area contributed by atoms with Crippen molar-refractivity contribution in [2.45, 2.75) is 65.7 Å². The predicted molar refractivity (Wildman–Crippen MR) is 116 cm³/mol. The predicted octanol–water partition coefficient (Wildman–Crippen LogP) is 2.97. The fourth-order valence-corrected chi connectivity index (χ4v) is 2.29. The first kappa shape index (κ1) is 30.8. The largest absolute Gasteiger partial charge is 0.481 e. The summed E-state index contributed by atoms with van der Waals surface area (Å²) in [5.74, 6) is -2.29. The maximum absolute atomic E-state index is 11.4. The first-order chi connectivity index (χ1) is 14.8. The molecular formula is C22H39NO8. The van der Waals surface area contributed by atoms with Crippen LogP contribution < -0.4 is 0 Å². The van der Waals surface area contributed by atoms with Crippen LogP contribution in [0.5, 0.6) is 0 Å². The van der Waals surface area contributed by atoms with Gasteiger partial charge in [0, 0.05) is 25.3 Å². The average Bonchev–Trinajstić information content (AvgIpc) is 2.75. The third-order valence-corrected chi connectivity index (χ3v) is 4.16. The summed E-state index contributed by atoms with van der Waals surface area (Å²) in [6.45, 7) is 13.6. The molecule has 0 saturated carbocycles. The van der Waals surface area contributed by atoms with Crippen molar-refractivity contribution in [2.24, 2.45) is 0 Å². The van der Waals surface area contributed by atoms with E-state index in [1.54, 1.807) is 0 Å². The molecule has 180 valence electrons. The molecule has 0 aliphatic rings. The molecule has 1 N–H and O–H groups in total. The zero-order valence-corrected chi connectivity index (χ0v) is 19.2. The Morgan fingerprint density at radius 2 is 1.26 bits per heavy atom. The molecule has 0 spiro atoms. The van der Waals surface area contributed by atoms with Crippen LogP contribution in [0.25, 0.3) is 0 Å². The highest BCUT2D eigenvalue weighted by molar-refractivity contribution is 5.81. The lowest BCUT2D eigenvalue weighted by molar-refractivity contribution is -0.149. The van der Waals surface area contributed by atoms with Crippen molar-refractivity contribution in [2.75, 3.05) is 39.5 Å². The monoisotopic (exact) mass is 445 g/mol. The Bertz CT molecular complexity index is 512. The van der Waals surface area contributed by atoms with Gasteiger partial charge < -0.3 is 24.2 Å². The number of carbonyl (C=O) groups is 4. The standard InChI is InChI=1S/C16H24O8.C6H15N/c1-2-14(19)23-11-12-24-15(20)8-4-3-5-10-22-16(21)9-6-7-13(17)18;1-4-7(5-2)6-3/h2H,1,3-12H2,(H,17,18);4-6H2,1-3H3. The topological polar surface area (TPSA) is 119 Å². The molecule has 0 aromatic heterocycles. The fourth-order valence-electron chi connectivity index (χ4n) is 2.29. The summed E-state index contributed by atoms with van der Waals surface area (Å²) in [6, 6.07) is 0. The van der Waals surface area contributed by atoms with Gasteiger partial charge in [-0.25, -0.2) is 4.79 Å². The molecule has 0 unspecified atom stereocenters. The Kier molecular flexibility index (Phi) is 22.1. The third kappa shape index (κ3) is 23.7. The molecule has 0 aliphatic carbocycles. The molecule has 0 rings (SSSR count). The van der Waals surface area contributed by atoms with Gasteiger partial charge in [0.05, 0.1) is 6.61 Å². The van der Waals surface area contributed by atoms with Crippen molar-refractivity contribution in [3.8, 4) is 0 Å². The van der Waals surface area contributed by atoms with Crippen LogP contribution in [0.2, 0.25) is 0 Å². The number of carboxylic acids is 1. The van der Waals surface area contributed by atoms with Crippen molar-refractivity contribution in [1.82, 2.24) is 4.90 Å². The quantitative estimate of drug-likeness (QED) is 0.156. The molecule has 0 amide bonds. The minimum Gasteiger partial charge on any atom is -0.481 e. The number of hydrogen-bond donors (Lipinski definition) is 1. The van der Waals surface area contributed by atoms with E-state index in [1.165, 1.54) is 19.6 Å². The second kappa shape index (κ2) is 22.3. The van der Waals surface area contributed by atoms with Gasteiger partial charge in [-0.15, -0.1) is 0 Å². The lowest BCUT2D eigenvalue weighted by atomic mass is 10.2. The number of hydrogen-bond acceptors (Lipinski definition) is 8. The smallest absolute Gasteiger partial charge is 0.330 e. The normalized spacial score (nSPS) is 9.94. The minimum absolute atomic E-state index is 0.00553. The second-order valence-corrected chi connectivity index (χ2v) is 6.49. The first-order valence-electron chi connectivity index (χ1n) is 10.8. The molecule has 0 aromatic rings. The summed E-state index contributed by atoms with van der Waals surface area (Å²) >= 11 is 0. The molecule has 0 aromatic carbocycles. The van der Waals surface area contributed by atoms with Gasteiger partial charge in [-0.2, -0.15) is 0 Å². The van der Waals surface area contributed by atoms with E-state index in [-0.39, 0.29) is 51.5 Å². The van der Waals surface area contributed by atoms with Gasteiger partial charge in [0.15, 0.2) is 0 Å². The van der Waals surface area contributed by atoms with E-state index in [0.717, 1.165) is 6.08 Å². The van der Waals surface area contributed by atoms with E-state index in [1.807, 2.05) is 0 Å². The number of carboxylic acid groups (broad SMARTS) is 1. The van der Waals surface area contributed by atoms with E-state index in [2.05, 4.69) is 37.0 Å². The van der Waals surface area contributed by atoms with Gasteiger partial charge in [-0.3, -0.25) is 14.4 Å². The van der Waals surface area contributed by atoms with E-state index in [4.69, 9.17) is 14.6 Å². The van der Waals surface area contributed by atoms with Crippen LogP contribution in [0.4, 0.5) is 0 Å². The molecule has 9 heteroatoms. The van der Waals surface area contributed by atoms with Gasteiger partial charge in [-0.1, -0.05) is 27.4 Å². The summed E-state index contributed by atoms with van der Waals surface area (Å²) in [6.07, 6.45) is 3.49. The number of aliphatic carboxylic acids is 1. The number of unbranched alkanes of at least 4 members (excludes halogenated alkanes) is 2. The van der Waals surface area contributed by atoms with Crippen molar-refractivity contribution >= 4 is 23.9 Å². The van der Waals surface area contributed by atoms with Crippen molar-refractivity contribution in [3.05, 3.63) is 12.7 Å². The summed E-state index contributed by atoms with van der Waals surface area (Å²) < 4.78 is 14.4. The fraction of sp³-hybridized carbons (Fsp3) is 0.727. The zero-order valence-electron chi connectivity index (χ0n) is 19.2. The van der Waals surface area contributed by atoms with Gasteiger partial charge in [0.1, 0.15) is 13.2 Å². The zero-order chi connectivity index (χ0) is 23.9. The molecule has 9 nitrogen and oxygen atoms in total. The molecule has 31 heavy (non-hydrogen) atoms. The molecule has 0 radical (unpaired) electrons. The molecule has 0 atom stereocenters. The van der Waals surface area contributed by atoms with Crippen LogP contribution in [-0.4, -0.2) is 73.3 Å². The van der Waals surface area contributed by atoms with Crippen LogP contribution in [0.3, 0.4) is 0 Å². The van der Waals surface area contributed by atoms with Crippen molar-refractivity contribution in [3.63, 3.8) is 0 Å². The number of rotatable bonds is 17. The lowest BCUT2D eigenvalue weighted by Gasteiger charge is -2.13. The molecular weight excluding hydrogens is 406 g/mol. The molecule has 0 fully saturated rings. The molecule has 0 heterocycles. The number of ether oxygens (including phenoxy) is 3. The van der Waals surface area contributed by atoms with E-state index in [0.29, 0.717) is 19.3 Å². The number of carbonyl (C=O) groups excluding carboxylic acids is 3. The van der Waals surface area contributed by atoms with Crippen LogP contribution in [0.1, 0.15) is 65.7 Å². The van der Waals surface area contributed by atoms with Gasteiger partial charge in [0.2, 0.25) is 0 Å². The van der Waals surface area contributed by atoms with Crippen LogP contribution >= 0.6 is 0 Å². The first-order valence-corrected chi connectivity index (χ1v) is 10.8. The molecule has 0 aliphatic heterocycles. The molecule has 0 saturated heterocycles. The van der Waals surface area contributed by atoms with Gasteiger partial charge in [0.25, 0.3) is 0 Å². The minimum atomic E-state index is -0.937. The highest BCUT2D eigenvalue weighted by Gasteiger charge is 2.06. The van der Waals surface area contributed by atoms with Gasteiger partial charge in [-0.05, 0) is 45.3 Å². The highest BCUT2D eigenvalue weighted by Crippen LogP contribution is 2.03. The Balaban J connectivity index is 0. The van der Waals surface area contributed by atoms with E-state index >= 15 is 0 Å². The maximum atomic E-state index is 11.4. The number of esters is 3. The summed E-state index contributed by atoms with van der Waals surface area (Å²) in [5.41, 5.74) is 0. The summed E-state index contributed by atoms with van der Waals surface area (Å²) in [7, 11) is 0. The van der Waals surface area contributed by atoms with Crippen LogP contribution in [0.15, 0.2) is 12.7 Å². The van der Waals surface area contributed by atoms with E-state index in [9.17, 15) is 19.2 Å². The maximum Gasteiger partial charge on any atom is 0.330 e. The Morgan fingerprint density at radius 3 is 1.74 bits per heavy atom. The molecule has 0 bridgehead atoms. The Morgan fingerprint density at radius 1 is 0.742 bits per heavy atom. The third-order valence-electron chi connectivity index (χ3n) is 4.16. The summed E-state index contributed by atoms with van der Waals surface area (Å²) in [4.78, 5) is 46.0. The average molecular weight is 446 g/mol. The van der Waals surface area contributed by atoms with Crippen molar-refractivity contribution in [1.29, 1.82) is 0 Å². The van der Waals surface area contributed by atoms with Crippen molar-refractivity contribution < 1.29 is 38.5 Å². The van der Waals surface area contributed by atoms with E-state index < -0.39 is 17.9 Å². The highest BCUT2D eigenvalue weighted by atomic mass is 16.6. The van der Waals surface area contributed by atoms with Gasteiger partial charge >= 0.3 is 23.9 Å². The SMILES string of the molecule is C=CC(=O)OCCOC(=O)CCCCCOC(=O)CCCC(=O)O.CCN(CC)CC. The Labute approximate surface area is 185 Å².